The van der Waals surface area contributed by atoms with E-state index in [1.165, 1.54) is 12.1 Å². The number of phenolic OH excluding ortho intramolecular Hbond substituents is 1. The predicted octanol–water partition coefficient (Wildman–Crippen LogP) is 2.57. The number of halogens is 3. The van der Waals surface area contributed by atoms with Crippen LogP contribution >= 0.6 is 12.4 Å². The Kier molecular flexibility index (Phi) is 6.65. The van der Waals surface area contributed by atoms with Gasteiger partial charge in [0.2, 0.25) is 0 Å². The monoisotopic (exact) mass is 306 g/mol. The predicted molar refractivity (Wildman–Crippen MR) is 77.8 cm³/mol. The zero-order valence-electron chi connectivity index (χ0n) is 11.5. The van der Waals surface area contributed by atoms with Crippen molar-refractivity contribution in [2.24, 2.45) is 0 Å². The van der Waals surface area contributed by atoms with Crippen LogP contribution in [0.4, 0.5) is 8.78 Å². The number of aromatic hydroxyl groups is 1. The number of piperazine rings is 1. The van der Waals surface area contributed by atoms with Crippen LogP contribution in [0, 0.1) is 12.7 Å². The van der Waals surface area contributed by atoms with Crippen molar-refractivity contribution >= 4 is 12.4 Å². The summed E-state index contributed by atoms with van der Waals surface area (Å²) in [5, 5.41) is 13.3. The van der Waals surface area contributed by atoms with Gasteiger partial charge in [0.1, 0.15) is 11.6 Å². The molecule has 1 aliphatic rings. The lowest BCUT2D eigenvalue weighted by atomic mass is 9.98. The minimum absolute atomic E-state index is 0. The summed E-state index contributed by atoms with van der Waals surface area (Å²) in [7, 11) is 0. The van der Waals surface area contributed by atoms with Crippen LogP contribution in [0.2, 0.25) is 0 Å². The van der Waals surface area contributed by atoms with Crippen LogP contribution in [-0.4, -0.2) is 42.9 Å². The molecule has 0 amide bonds. The first-order valence-corrected chi connectivity index (χ1v) is 6.63. The lowest BCUT2D eigenvalue weighted by molar-refractivity contribution is 0.154. The number of benzene rings is 1. The Balaban J connectivity index is 0.00000200. The fraction of sp³-hybridized carbons (Fsp3) is 0.571. The largest absolute Gasteiger partial charge is 0.507 e. The Morgan fingerprint density at radius 2 is 2.00 bits per heavy atom. The molecule has 1 aromatic carbocycles. The molecule has 0 aromatic heterocycles. The van der Waals surface area contributed by atoms with Gasteiger partial charge in [-0.3, -0.25) is 9.29 Å². The number of rotatable bonds is 4. The van der Waals surface area contributed by atoms with Gasteiger partial charge in [-0.25, -0.2) is 4.39 Å². The van der Waals surface area contributed by atoms with Crippen LogP contribution in [0.1, 0.15) is 23.6 Å². The molecule has 6 heteroatoms. The Bertz CT molecular complexity index is 439. The number of nitrogens with one attached hydrogen (secondary N) is 1. The summed E-state index contributed by atoms with van der Waals surface area (Å²) in [5.74, 6) is -0.303. The van der Waals surface area contributed by atoms with Crippen molar-refractivity contribution < 1.29 is 13.9 Å². The molecule has 1 aromatic rings. The smallest absolute Gasteiger partial charge is 0.124 e. The van der Waals surface area contributed by atoms with Gasteiger partial charge in [-0.15, -0.1) is 12.4 Å². The zero-order valence-corrected chi connectivity index (χ0v) is 12.3. The maximum Gasteiger partial charge on any atom is 0.124 e. The van der Waals surface area contributed by atoms with Gasteiger partial charge in [0, 0.05) is 37.8 Å². The lowest BCUT2D eigenvalue weighted by Crippen LogP contribution is -2.45. The molecule has 114 valence electrons. The Morgan fingerprint density at radius 3 is 2.60 bits per heavy atom. The van der Waals surface area contributed by atoms with Crippen LogP contribution in [0.15, 0.2) is 12.1 Å². The second kappa shape index (κ2) is 7.76. The van der Waals surface area contributed by atoms with Crippen molar-refractivity contribution in [3.8, 4) is 5.75 Å². The van der Waals surface area contributed by atoms with Crippen molar-refractivity contribution in [1.82, 2.24) is 10.2 Å². The summed E-state index contributed by atoms with van der Waals surface area (Å²) >= 11 is 0. The highest BCUT2D eigenvalue weighted by Gasteiger charge is 2.25. The fourth-order valence-corrected chi connectivity index (χ4v) is 2.65. The molecule has 1 atom stereocenters. The van der Waals surface area contributed by atoms with Crippen LogP contribution < -0.4 is 5.32 Å². The summed E-state index contributed by atoms with van der Waals surface area (Å²) < 4.78 is 26.3. The van der Waals surface area contributed by atoms with E-state index in [-0.39, 0.29) is 36.4 Å². The average molecular weight is 307 g/mol. The topological polar surface area (TPSA) is 35.5 Å². The van der Waals surface area contributed by atoms with Crippen LogP contribution in [0.5, 0.6) is 5.75 Å². The van der Waals surface area contributed by atoms with Crippen molar-refractivity contribution in [3.63, 3.8) is 0 Å². The third-order valence-electron chi connectivity index (χ3n) is 3.63. The summed E-state index contributed by atoms with van der Waals surface area (Å²) in [4.78, 5) is 2.10. The number of aryl methyl sites for hydroxylation is 1. The summed E-state index contributed by atoms with van der Waals surface area (Å²) in [6.07, 6.45) is 0.274. The van der Waals surface area contributed by atoms with Crippen LogP contribution in [-0.2, 0) is 0 Å². The van der Waals surface area contributed by atoms with E-state index < -0.39 is 6.67 Å². The van der Waals surface area contributed by atoms with E-state index in [0.29, 0.717) is 11.1 Å². The second-order valence-electron chi connectivity index (χ2n) is 4.94. The zero-order chi connectivity index (χ0) is 13.8. The number of alkyl halides is 1. The molecule has 0 saturated carbocycles. The van der Waals surface area contributed by atoms with E-state index in [0.717, 1.165) is 26.2 Å². The first-order chi connectivity index (χ1) is 9.13. The Morgan fingerprint density at radius 1 is 1.35 bits per heavy atom. The molecule has 1 fully saturated rings. The van der Waals surface area contributed by atoms with Gasteiger partial charge in [-0.1, -0.05) is 0 Å². The highest BCUT2D eigenvalue weighted by molar-refractivity contribution is 5.85. The highest BCUT2D eigenvalue weighted by atomic mass is 35.5. The maximum absolute atomic E-state index is 13.5. The standard InChI is InChI=1S/C14H20F2N2O.ClH/c1-10-8-11(16)9-12(14(10)19)13(2-3-15)18-6-4-17-5-7-18;/h8-9,13,17,19H,2-7H2,1H3;1H/t13-;/m0./s1. The SMILES string of the molecule is Cc1cc(F)cc([C@H](CCF)N2CCNCC2)c1O.Cl. The third-order valence-corrected chi connectivity index (χ3v) is 3.63. The summed E-state index contributed by atoms with van der Waals surface area (Å²) in [6, 6.07) is 2.36. The van der Waals surface area contributed by atoms with Crippen LogP contribution in [0.3, 0.4) is 0 Å². The molecular formula is C14H21ClF2N2O. The van der Waals surface area contributed by atoms with Gasteiger partial charge in [-0.2, -0.15) is 0 Å². The van der Waals surface area contributed by atoms with E-state index in [9.17, 15) is 13.9 Å². The van der Waals surface area contributed by atoms with E-state index in [1.807, 2.05) is 0 Å². The average Bonchev–Trinajstić information content (AvgIpc) is 2.41. The molecule has 1 saturated heterocycles. The van der Waals surface area contributed by atoms with E-state index >= 15 is 0 Å². The molecule has 3 nitrogen and oxygen atoms in total. The highest BCUT2D eigenvalue weighted by Crippen LogP contribution is 2.34. The van der Waals surface area contributed by atoms with Crippen molar-refractivity contribution in [2.75, 3.05) is 32.9 Å². The third kappa shape index (κ3) is 3.81. The molecule has 2 N–H and O–H groups in total. The number of hydrogen-bond acceptors (Lipinski definition) is 3. The van der Waals surface area contributed by atoms with E-state index in [1.54, 1.807) is 6.92 Å². The molecule has 1 aliphatic heterocycles. The number of nitrogens with zero attached hydrogens (tertiary/aromatic N) is 1. The normalized spacial score (nSPS) is 17.6. The van der Waals surface area contributed by atoms with Crippen molar-refractivity contribution in [1.29, 1.82) is 0 Å². The quantitative estimate of drug-likeness (QED) is 0.897. The molecule has 0 bridgehead atoms. The number of hydrogen-bond donors (Lipinski definition) is 2. The Hall–Kier alpha value is -0.910. The van der Waals surface area contributed by atoms with Crippen LogP contribution in [0.25, 0.3) is 0 Å². The van der Waals surface area contributed by atoms with E-state index in [4.69, 9.17) is 0 Å². The second-order valence-corrected chi connectivity index (χ2v) is 4.94. The molecule has 2 rings (SSSR count). The Labute approximate surface area is 124 Å². The minimum Gasteiger partial charge on any atom is -0.507 e. The van der Waals surface area contributed by atoms with Gasteiger partial charge in [0.25, 0.3) is 0 Å². The molecule has 0 spiro atoms. The molecule has 0 aliphatic carbocycles. The van der Waals surface area contributed by atoms with E-state index in [2.05, 4.69) is 10.2 Å². The van der Waals surface area contributed by atoms with Gasteiger partial charge in [0.15, 0.2) is 0 Å². The maximum atomic E-state index is 13.5. The van der Waals surface area contributed by atoms with Gasteiger partial charge in [0.05, 0.1) is 6.67 Å². The minimum atomic E-state index is -0.483. The first kappa shape index (κ1) is 17.1. The molecule has 20 heavy (non-hydrogen) atoms. The molecule has 0 radical (unpaired) electrons. The fourth-order valence-electron chi connectivity index (χ4n) is 2.65. The summed E-state index contributed by atoms with van der Waals surface area (Å²) in [5.41, 5.74) is 0.992. The first-order valence-electron chi connectivity index (χ1n) is 6.63. The molecular weight excluding hydrogens is 286 g/mol. The van der Waals surface area contributed by atoms with Crippen molar-refractivity contribution in [2.45, 2.75) is 19.4 Å². The molecule has 1 heterocycles. The lowest BCUT2D eigenvalue weighted by Gasteiger charge is -2.35. The van der Waals surface area contributed by atoms with Gasteiger partial charge >= 0.3 is 0 Å². The summed E-state index contributed by atoms with van der Waals surface area (Å²) in [6.45, 7) is 4.39. The van der Waals surface area contributed by atoms with Gasteiger partial charge in [-0.05, 0) is 31.0 Å². The van der Waals surface area contributed by atoms with Crippen molar-refractivity contribution in [3.05, 3.63) is 29.1 Å². The molecule has 0 unspecified atom stereocenters. The number of phenols is 1. The van der Waals surface area contributed by atoms with Gasteiger partial charge < -0.3 is 10.4 Å².